The quantitative estimate of drug-likeness (QED) is 0.389. The summed E-state index contributed by atoms with van der Waals surface area (Å²) >= 11 is 0. The predicted octanol–water partition coefficient (Wildman–Crippen LogP) is 3.94. The van der Waals surface area contributed by atoms with Gasteiger partial charge in [0, 0.05) is 7.11 Å². The SMILES string of the molecule is C=CC[C@@H](CCCCCCC)OC. The van der Waals surface area contributed by atoms with Crippen molar-refractivity contribution in [2.24, 2.45) is 0 Å². The van der Waals surface area contributed by atoms with Crippen LogP contribution in [0.5, 0.6) is 0 Å². The minimum Gasteiger partial charge on any atom is -0.381 e. The first-order chi connectivity index (χ1) is 6.35. The van der Waals surface area contributed by atoms with Crippen LogP contribution in [0.3, 0.4) is 0 Å². The smallest absolute Gasteiger partial charge is 0.0605 e. The molecule has 0 aromatic rings. The Morgan fingerprint density at radius 2 is 1.92 bits per heavy atom. The zero-order valence-corrected chi connectivity index (χ0v) is 9.22. The Balaban J connectivity index is 3.22. The molecule has 0 N–H and O–H groups in total. The molecule has 0 aliphatic heterocycles. The Morgan fingerprint density at radius 3 is 2.46 bits per heavy atom. The van der Waals surface area contributed by atoms with E-state index in [0.717, 1.165) is 6.42 Å². The Kier molecular flexibility index (Phi) is 9.56. The normalized spacial score (nSPS) is 12.8. The minimum absolute atomic E-state index is 0.402. The lowest BCUT2D eigenvalue weighted by Crippen LogP contribution is -2.08. The molecule has 0 aromatic carbocycles. The summed E-state index contributed by atoms with van der Waals surface area (Å²) in [5.74, 6) is 0. The average molecular weight is 184 g/mol. The highest BCUT2D eigenvalue weighted by Gasteiger charge is 2.03. The van der Waals surface area contributed by atoms with Crippen molar-refractivity contribution < 1.29 is 4.74 Å². The van der Waals surface area contributed by atoms with E-state index in [1.165, 1.54) is 38.5 Å². The van der Waals surface area contributed by atoms with Crippen molar-refractivity contribution in [1.29, 1.82) is 0 Å². The molecular formula is C12H24O. The second kappa shape index (κ2) is 9.79. The third-order valence-corrected chi connectivity index (χ3v) is 2.39. The molecule has 0 bridgehead atoms. The van der Waals surface area contributed by atoms with Crippen LogP contribution in [0.1, 0.15) is 51.9 Å². The van der Waals surface area contributed by atoms with Gasteiger partial charge in [0.05, 0.1) is 6.10 Å². The fourth-order valence-electron chi connectivity index (χ4n) is 1.49. The second-order valence-electron chi connectivity index (χ2n) is 3.58. The summed E-state index contributed by atoms with van der Waals surface area (Å²) in [5.41, 5.74) is 0. The maximum Gasteiger partial charge on any atom is 0.0605 e. The van der Waals surface area contributed by atoms with E-state index in [1.807, 2.05) is 6.08 Å². The molecule has 0 fully saturated rings. The van der Waals surface area contributed by atoms with E-state index in [-0.39, 0.29) is 0 Å². The van der Waals surface area contributed by atoms with Crippen LogP contribution in [-0.2, 0) is 4.74 Å². The number of hydrogen-bond acceptors (Lipinski definition) is 1. The molecule has 0 aliphatic carbocycles. The molecular weight excluding hydrogens is 160 g/mol. The van der Waals surface area contributed by atoms with Crippen molar-refractivity contribution >= 4 is 0 Å². The highest BCUT2D eigenvalue weighted by atomic mass is 16.5. The third-order valence-electron chi connectivity index (χ3n) is 2.39. The summed E-state index contributed by atoms with van der Waals surface area (Å²) in [6.45, 7) is 5.97. The second-order valence-corrected chi connectivity index (χ2v) is 3.58. The van der Waals surface area contributed by atoms with Crippen molar-refractivity contribution in [3.8, 4) is 0 Å². The largest absolute Gasteiger partial charge is 0.381 e. The average Bonchev–Trinajstić information content (AvgIpc) is 2.16. The zero-order valence-electron chi connectivity index (χ0n) is 9.22. The van der Waals surface area contributed by atoms with Crippen LogP contribution in [0, 0.1) is 0 Å². The van der Waals surface area contributed by atoms with Gasteiger partial charge >= 0.3 is 0 Å². The molecule has 0 saturated heterocycles. The van der Waals surface area contributed by atoms with Gasteiger partial charge in [-0.2, -0.15) is 0 Å². The van der Waals surface area contributed by atoms with Gasteiger partial charge in [-0.05, 0) is 12.8 Å². The molecule has 0 heterocycles. The Morgan fingerprint density at radius 1 is 1.23 bits per heavy atom. The number of methoxy groups -OCH3 is 1. The summed E-state index contributed by atoms with van der Waals surface area (Å²) in [7, 11) is 1.79. The van der Waals surface area contributed by atoms with E-state index in [2.05, 4.69) is 13.5 Å². The summed E-state index contributed by atoms with van der Waals surface area (Å²) in [6.07, 6.45) is 11.2. The Labute approximate surface area is 83.2 Å². The molecule has 0 saturated carbocycles. The summed E-state index contributed by atoms with van der Waals surface area (Å²) in [4.78, 5) is 0. The highest BCUT2D eigenvalue weighted by molar-refractivity contribution is 4.73. The van der Waals surface area contributed by atoms with Gasteiger partial charge in [-0.15, -0.1) is 6.58 Å². The van der Waals surface area contributed by atoms with E-state index in [9.17, 15) is 0 Å². The summed E-state index contributed by atoms with van der Waals surface area (Å²) in [5, 5.41) is 0. The van der Waals surface area contributed by atoms with Crippen LogP contribution >= 0.6 is 0 Å². The third kappa shape index (κ3) is 8.04. The fraction of sp³-hybridized carbons (Fsp3) is 0.833. The molecule has 0 rings (SSSR count). The minimum atomic E-state index is 0.402. The first-order valence-electron chi connectivity index (χ1n) is 5.48. The number of rotatable bonds is 9. The molecule has 0 aliphatic rings. The lowest BCUT2D eigenvalue weighted by molar-refractivity contribution is 0.0953. The molecule has 1 heteroatoms. The van der Waals surface area contributed by atoms with Gasteiger partial charge in [0.15, 0.2) is 0 Å². The summed E-state index contributed by atoms with van der Waals surface area (Å²) < 4.78 is 5.33. The van der Waals surface area contributed by atoms with Crippen LogP contribution in [0.4, 0.5) is 0 Å². The van der Waals surface area contributed by atoms with Crippen LogP contribution in [-0.4, -0.2) is 13.2 Å². The number of hydrogen-bond donors (Lipinski definition) is 0. The standard InChI is InChI=1S/C12H24O/c1-4-6-7-8-9-11-12(13-3)10-5-2/h5,12H,2,4,6-11H2,1,3H3/t12-/m0/s1. The van der Waals surface area contributed by atoms with E-state index in [0.29, 0.717) is 6.10 Å². The molecule has 1 atom stereocenters. The van der Waals surface area contributed by atoms with Gasteiger partial charge in [0.1, 0.15) is 0 Å². The van der Waals surface area contributed by atoms with Gasteiger partial charge in [-0.1, -0.05) is 45.1 Å². The predicted molar refractivity (Wildman–Crippen MR) is 59.0 cm³/mol. The molecule has 78 valence electrons. The fourth-order valence-corrected chi connectivity index (χ4v) is 1.49. The number of unbranched alkanes of at least 4 members (excludes halogenated alkanes) is 4. The van der Waals surface area contributed by atoms with E-state index < -0.39 is 0 Å². The Bertz CT molecular complexity index is 110. The monoisotopic (exact) mass is 184 g/mol. The van der Waals surface area contributed by atoms with Crippen LogP contribution in [0.15, 0.2) is 12.7 Å². The van der Waals surface area contributed by atoms with E-state index >= 15 is 0 Å². The van der Waals surface area contributed by atoms with Gasteiger partial charge in [-0.25, -0.2) is 0 Å². The highest BCUT2D eigenvalue weighted by Crippen LogP contribution is 2.11. The van der Waals surface area contributed by atoms with Crippen LogP contribution < -0.4 is 0 Å². The van der Waals surface area contributed by atoms with Gasteiger partial charge in [0.2, 0.25) is 0 Å². The topological polar surface area (TPSA) is 9.23 Å². The molecule has 0 spiro atoms. The van der Waals surface area contributed by atoms with Crippen molar-refractivity contribution in [1.82, 2.24) is 0 Å². The first-order valence-corrected chi connectivity index (χ1v) is 5.48. The van der Waals surface area contributed by atoms with Gasteiger partial charge in [-0.3, -0.25) is 0 Å². The van der Waals surface area contributed by atoms with Crippen molar-refractivity contribution in [3.63, 3.8) is 0 Å². The maximum atomic E-state index is 5.33. The maximum absolute atomic E-state index is 5.33. The lowest BCUT2D eigenvalue weighted by Gasteiger charge is -2.12. The molecule has 0 aromatic heterocycles. The molecule has 0 radical (unpaired) electrons. The van der Waals surface area contributed by atoms with E-state index in [4.69, 9.17) is 4.74 Å². The van der Waals surface area contributed by atoms with Crippen LogP contribution in [0.25, 0.3) is 0 Å². The molecule has 13 heavy (non-hydrogen) atoms. The Hall–Kier alpha value is -0.300. The van der Waals surface area contributed by atoms with Crippen LogP contribution in [0.2, 0.25) is 0 Å². The zero-order chi connectivity index (χ0) is 9.94. The van der Waals surface area contributed by atoms with E-state index in [1.54, 1.807) is 7.11 Å². The van der Waals surface area contributed by atoms with Crippen molar-refractivity contribution in [2.75, 3.05) is 7.11 Å². The molecule has 0 amide bonds. The van der Waals surface area contributed by atoms with Crippen molar-refractivity contribution in [2.45, 2.75) is 58.0 Å². The first kappa shape index (κ1) is 12.7. The summed E-state index contributed by atoms with van der Waals surface area (Å²) in [6, 6.07) is 0. The van der Waals surface area contributed by atoms with Gasteiger partial charge < -0.3 is 4.74 Å². The number of ether oxygens (including phenoxy) is 1. The molecule has 0 unspecified atom stereocenters. The van der Waals surface area contributed by atoms with Crippen molar-refractivity contribution in [3.05, 3.63) is 12.7 Å². The lowest BCUT2D eigenvalue weighted by atomic mass is 10.1. The molecule has 1 nitrogen and oxygen atoms in total. The van der Waals surface area contributed by atoms with Gasteiger partial charge in [0.25, 0.3) is 0 Å².